The highest BCUT2D eigenvalue weighted by molar-refractivity contribution is 6.30. The van der Waals surface area contributed by atoms with Crippen molar-refractivity contribution in [2.75, 3.05) is 0 Å². The average molecular weight is 799 g/mol. The molecule has 8 rings (SSSR count). The summed E-state index contributed by atoms with van der Waals surface area (Å²) in [6, 6.07) is 54.8. The van der Waals surface area contributed by atoms with Gasteiger partial charge in [0, 0.05) is 18.5 Å². The normalized spacial score (nSPS) is 11.5. The van der Waals surface area contributed by atoms with Crippen LogP contribution in [-0.2, 0) is 36.5 Å². The molecule has 0 bridgehead atoms. The van der Waals surface area contributed by atoms with Crippen molar-refractivity contribution < 1.29 is 14.6 Å². The third-order valence-corrected chi connectivity index (χ3v) is 11.0. The summed E-state index contributed by atoms with van der Waals surface area (Å²) in [4.78, 5) is 16.5. The summed E-state index contributed by atoms with van der Waals surface area (Å²) in [6.07, 6.45) is 2.76. The summed E-state index contributed by atoms with van der Waals surface area (Å²) in [7, 11) is 0. The van der Waals surface area contributed by atoms with Gasteiger partial charge in [-0.05, 0) is 61.9 Å². The van der Waals surface area contributed by atoms with Crippen molar-refractivity contribution in [3.8, 4) is 22.5 Å². The number of carboxylic acid groups (broad SMARTS) is 1. The maximum Gasteiger partial charge on any atom is 0.336 e. The van der Waals surface area contributed by atoms with Gasteiger partial charge in [0.05, 0.1) is 24.5 Å². The van der Waals surface area contributed by atoms with E-state index < -0.39 is 11.5 Å². The number of halogens is 1. The number of aromatic nitrogens is 6. The topological polar surface area (TPSA) is 108 Å². The molecule has 9 nitrogen and oxygen atoms in total. The minimum absolute atomic E-state index is 0.134. The molecule has 0 fully saturated rings. The van der Waals surface area contributed by atoms with Crippen LogP contribution in [0.2, 0.25) is 5.15 Å². The summed E-state index contributed by atoms with van der Waals surface area (Å²) >= 11 is 6.77. The molecule has 6 aromatic carbocycles. The van der Waals surface area contributed by atoms with Crippen molar-refractivity contribution >= 4 is 17.6 Å². The first-order valence-corrected chi connectivity index (χ1v) is 20.1. The number of imidazole rings is 1. The molecule has 10 heteroatoms. The number of carboxylic acids is 1. The molecule has 2 aromatic heterocycles. The van der Waals surface area contributed by atoms with Crippen molar-refractivity contribution in [1.82, 2.24) is 29.8 Å². The van der Waals surface area contributed by atoms with Gasteiger partial charge in [0.2, 0.25) is 0 Å². The lowest BCUT2D eigenvalue weighted by atomic mass is 9.77. The number of rotatable bonds is 16. The van der Waals surface area contributed by atoms with Crippen molar-refractivity contribution in [1.29, 1.82) is 0 Å². The van der Waals surface area contributed by atoms with Gasteiger partial charge in [-0.25, -0.2) is 14.5 Å². The Morgan fingerprint density at radius 1 is 0.712 bits per heavy atom. The van der Waals surface area contributed by atoms with Gasteiger partial charge in [-0.2, -0.15) is 0 Å². The van der Waals surface area contributed by atoms with Gasteiger partial charge < -0.3 is 14.4 Å². The van der Waals surface area contributed by atoms with Crippen LogP contribution in [-0.4, -0.2) is 40.8 Å². The van der Waals surface area contributed by atoms with Gasteiger partial charge in [-0.1, -0.05) is 183 Å². The van der Waals surface area contributed by atoms with Crippen LogP contribution >= 0.6 is 11.6 Å². The van der Waals surface area contributed by atoms with Crippen LogP contribution in [0.1, 0.15) is 69.5 Å². The molecule has 0 amide bonds. The lowest BCUT2D eigenvalue weighted by molar-refractivity contribution is 0.0682. The van der Waals surface area contributed by atoms with E-state index in [-0.39, 0.29) is 18.8 Å². The van der Waals surface area contributed by atoms with E-state index in [1.165, 1.54) is 0 Å². The Morgan fingerprint density at radius 3 is 1.90 bits per heavy atom. The molecule has 0 saturated carbocycles. The highest BCUT2D eigenvalue weighted by Gasteiger charge is 2.42. The number of ether oxygens (including phenoxy) is 1. The Morgan fingerprint density at radius 2 is 1.29 bits per heavy atom. The number of hydrogen-bond donors (Lipinski definition) is 1. The highest BCUT2D eigenvalue weighted by Crippen LogP contribution is 2.43. The molecule has 0 radical (unpaired) electrons. The van der Waals surface area contributed by atoms with E-state index in [2.05, 4.69) is 126 Å². The number of carbonyl (C=O) groups is 1. The van der Waals surface area contributed by atoms with E-state index in [0.717, 1.165) is 69.7 Å². The molecule has 0 aliphatic heterocycles. The van der Waals surface area contributed by atoms with Crippen LogP contribution in [0.4, 0.5) is 0 Å². The fraction of sp³-hybridized carbons (Fsp3) is 0.163. The Labute approximate surface area is 348 Å². The predicted molar refractivity (Wildman–Crippen MR) is 230 cm³/mol. The Balaban J connectivity index is 1.14. The fourth-order valence-corrected chi connectivity index (χ4v) is 8.11. The van der Waals surface area contributed by atoms with E-state index >= 15 is 0 Å². The largest absolute Gasteiger partial charge is 0.478 e. The summed E-state index contributed by atoms with van der Waals surface area (Å²) in [5.41, 5.74) is 7.74. The molecule has 0 saturated heterocycles. The lowest BCUT2D eigenvalue weighted by Gasteiger charge is -2.36. The van der Waals surface area contributed by atoms with Gasteiger partial charge in [-0.3, -0.25) is 0 Å². The molecule has 0 atom stereocenters. The van der Waals surface area contributed by atoms with Gasteiger partial charge in [0.1, 0.15) is 11.4 Å². The van der Waals surface area contributed by atoms with Gasteiger partial charge in [0.15, 0.2) is 11.0 Å². The molecule has 59 heavy (non-hydrogen) atoms. The first kappa shape index (κ1) is 39.2. The van der Waals surface area contributed by atoms with Crippen LogP contribution in [0.3, 0.4) is 0 Å². The zero-order chi connectivity index (χ0) is 40.6. The molecule has 2 heterocycles. The number of nitrogens with zero attached hydrogens (tertiary/aromatic N) is 6. The minimum Gasteiger partial charge on any atom is -0.478 e. The van der Waals surface area contributed by atoms with Gasteiger partial charge in [0.25, 0.3) is 0 Å². The first-order chi connectivity index (χ1) is 29.0. The minimum atomic E-state index is -0.988. The lowest BCUT2D eigenvalue weighted by Crippen LogP contribution is -2.39. The standard InChI is InChI=1S/C49H43ClN6O3/c1-2-3-27-45-51-46(50)44(34-59-33-37-17-13-14-25-42(37)48(57)58)55(45)32-35-28-30-36(31-29-35)41-24-15-16-26-43(41)47-52-53-54-56(47)49(38-18-7-4-8-19-38,39-20-9-5-10-21-39)40-22-11-6-12-23-40/h4-26,28-31H,2-3,27,32-34H2,1H3,(H,57,58). The summed E-state index contributed by atoms with van der Waals surface area (Å²) in [5.74, 6) is 0.533. The maximum atomic E-state index is 11.8. The smallest absolute Gasteiger partial charge is 0.336 e. The zero-order valence-electron chi connectivity index (χ0n) is 32.7. The van der Waals surface area contributed by atoms with Crippen molar-refractivity contribution in [3.05, 3.63) is 214 Å². The van der Waals surface area contributed by atoms with E-state index in [0.29, 0.717) is 23.1 Å². The molecular formula is C49H43ClN6O3. The number of aryl methyl sites for hydroxylation is 1. The number of hydrogen-bond acceptors (Lipinski definition) is 6. The van der Waals surface area contributed by atoms with Crippen LogP contribution in [0.15, 0.2) is 164 Å². The van der Waals surface area contributed by atoms with Crippen LogP contribution < -0.4 is 0 Å². The summed E-state index contributed by atoms with van der Waals surface area (Å²) in [5, 5.41) is 23.9. The number of unbranched alkanes of at least 4 members (excludes halogenated alkanes) is 1. The van der Waals surface area contributed by atoms with Crippen molar-refractivity contribution in [2.24, 2.45) is 0 Å². The molecule has 0 aliphatic rings. The molecule has 1 N–H and O–H groups in total. The Bertz CT molecular complexity index is 2550. The fourth-order valence-electron chi connectivity index (χ4n) is 7.86. The molecular weight excluding hydrogens is 756 g/mol. The summed E-state index contributed by atoms with van der Waals surface area (Å²) in [6.45, 7) is 3.01. The third kappa shape index (κ3) is 7.95. The highest BCUT2D eigenvalue weighted by atomic mass is 35.5. The molecule has 294 valence electrons. The second kappa shape index (κ2) is 17.9. The Hall–Kier alpha value is -6.68. The van der Waals surface area contributed by atoms with Crippen LogP contribution in [0, 0.1) is 0 Å². The Kier molecular flexibility index (Phi) is 11.8. The molecule has 0 spiro atoms. The SMILES string of the molecule is CCCCc1nc(Cl)c(COCc2ccccc2C(=O)O)n1Cc1ccc(-c2ccccc2-c2nnnn2C(c2ccccc2)(c2ccccc2)c2ccccc2)cc1. The van der Waals surface area contributed by atoms with E-state index in [1.807, 2.05) is 41.1 Å². The van der Waals surface area contributed by atoms with Crippen molar-refractivity contribution in [3.63, 3.8) is 0 Å². The second-order valence-electron chi connectivity index (χ2n) is 14.4. The van der Waals surface area contributed by atoms with Gasteiger partial charge in [-0.15, -0.1) is 5.10 Å². The molecule has 0 aliphatic carbocycles. The number of tetrazole rings is 1. The second-order valence-corrected chi connectivity index (χ2v) is 14.7. The number of aromatic carboxylic acids is 1. The predicted octanol–water partition coefficient (Wildman–Crippen LogP) is 10.5. The number of benzene rings is 6. The molecule has 8 aromatic rings. The summed E-state index contributed by atoms with van der Waals surface area (Å²) < 4.78 is 10.2. The van der Waals surface area contributed by atoms with E-state index in [9.17, 15) is 9.90 Å². The van der Waals surface area contributed by atoms with Crippen LogP contribution in [0.5, 0.6) is 0 Å². The monoisotopic (exact) mass is 798 g/mol. The first-order valence-electron chi connectivity index (χ1n) is 19.8. The maximum absolute atomic E-state index is 11.8. The third-order valence-electron chi connectivity index (χ3n) is 10.7. The zero-order valence-corrected chi connectivity index (χ0v) is 33.4. The van der Waals surface area contributed by atoms with Gasteiger partial charge >= 0.3 is 5.97 Å². The quantitative estimate of drug-likeness (QED) is 0.0970. The van der Waals surface area contributed by atoms with E-state index in [1.54, 1.807) is 18.2 Å². The average Bonchev–Trinajstić information content (AvgIpc) is 3.89. The van der Waals surface area contributed by atoms with E-state index in [4.69, 9.17) is 31.6 Å². The molecule has 0 unspecified atom stereocenters. The van der Waals surface area contributed by atoms with Crippen molar-refractivity contribution in [2.45, 2.75) is 51.5 Å². The van der Waals surface area contributed by atoms with Crippen LogP contribution in [0.25, 0.3) is 22.5 Å².